The van der Waals surface area contributed by atoms with E-state index in [0.29, 0.717) is 35.5 Å². The van der Waals surface area contributed by atoms with Crippen LogP contribution in [0.15, 0.2) is 23.1 Å². The van der Waals surface area contributed by atoms with Gasteiger partial charge in [-0.15, -0.1) is 0 Å². The second-order valence-corrected chi connectivity index (χ2v) is 7.16. The van der Waals surface area contributed by atoms with Gasteiger partial charge in [0.1, 0.15) is 0 Å². The summed E-state index contributed by atoms with van der Waals surface area (Å²) in [5.41, 5.74) is 6.93. The quantitative estimate of drug-likeness (QED) is 0.807. The van der Waals surface area contributed by atoms with Crippen LogP contribution in [-0.2, 0) is 10.0 Å². The first-order chi connectivity index (χ1) is 9.46. The average molecular weight is 298 g/mol. The van der Waals surface area contributed by atoms with Gasteiger partial charge in [-0.25, -0.2) is 8.42 Å². The zero-order valence-electron chi connectivity index (χ0n) is 11.7. The topological polar surface area (TPSA) is 83.6 Å². The third kappa shape index (κ3) is 2.97. The molecule has 0 spiro atoms. The second-order valence-electron chi connectivity index (χ2n) is 5.30. The van der Waals surface area contributed by atoms with Gasteiger partial charge in [-0.1, -0.05) is 0 Å². The van der Waals surface area contributed by atoms with Gasteiger partial charge in [0, 0.05) is 24.9 Å². The Morgan fingerprint density at radius 3 is 2.85 bits per heavy atom. The number of benzene rings is 1. The Bertz CT molecular complexity index is 572. The highest BCUT2D eigenvalue weighted by Crippen LogP contribution is 2.30. The maximum absolute atomic E-state index is 12.8. The largest absolute Gasteiger partial charge is 0.399 e. The lowest BCUT2D eigenvalue weighted by Gasteiger charge is -2.24. The zero-order valence-corrected chi connectivity index (χ0v) is 12.6. The van der Waals surface area contributed by atoms with Crippen molar-refractivity contribution in [2.75, 3.05) is 18.9 Å². The summed E-state index contributed by atoms with van der Waals surface area (Å²) < 4.78 is 27.1. The van der Waals surface area contributed by atoms with E-state index in [0.717, 1.165) is 12.8 Å². The van der Waals surface area contributed by atoms with E-state index in [-0.39, 0.29) is 12.6 Å². The van der Waals surface area contributed by atoms with Gasteiger partial charge in [0.2, 0.25) is 10.0 Å². The molecule has 112 valence electrons. The van der Waals surface area contributed by atoms with Crippen molar-refractivity contribution in [1.82, 2.24) is 4.31 Å². The van der Waals surface area contributed by atoms with Gasteiger partial charge < -0.3 is 10.8 Å². The minimum absolute atomic E-state index is 0.00380. The summed E-state index contributed by atoms with van der Waals surface area (Å²) in [4.78, 5) is 0.336. The fraction of sp³-hybridized carbons (Fsp3) is 0.571. The maximum Gasteiger partial charge on any atom is 0.243 e. The minimum Gasteiger partial charge on any atom is -0.399 e. The highest BCUT2D eigenvalue weighted by molar-refractivity contribution is 7.89. The molecule has 1 aliphatic heterocycles. The second kappa shape index (κ2) is 6.11. The summed E-state index contributed by atoms with van der Waals surface area (Å²) in [5, 5.41) is 8.93. The van der Waals surface area contributed by atoms with Crippen LogP contribution in [0.1, 0.15) is 31.2 Å². The molecule has 0 bridgehead atoms. The van der Waals surface area contributed by atoms with Crippen LogP contribution in [0, 0.1) is 6.92 Å². The lowest BCUT2D eigenvalue weighted by atomic mass is 10.1. The molecule has 1 saturated heterocycles. The van der Waals surface area contributed by atoms with Crippen LogP contribution < -0.4 is 5.73 Å². The van der Waals surface area contributed by atoms with Crippen molar-refractivity contribution < 1.29 is 13.5 Å². The summed E-state index contributed by atoms with van der Waals surface area (Å²) in [5.74, 6) is 0. The number of hydrogen-bond donors (Lipinski definition) is 2. The Kier molecular flexibility index (Phi) is 4.67. The first-order valence-electron chi connectivity index (χ1n) is 6.95. The normalized spacial score (nSPS) is 20.4. The average Bonchev–Trinajstić information content (AvgIpc) is 2.84. The molecule has 1 fully saturated rings. The van der Waals surface area contributed by atoms with E-state index < -0.39 is 10.0 Å². The molecule has 3 N–H and O–H groups in total. The molecule has 0 radical (unpaired) electrons. The Morgan fingerprint density at radius 2 is 2.20 bits per heavy atom. The number of aliphatic hydroxyl groups excluding tert-OH is 1. The SMILES string of the molecule is Cc1cc(N)ccc1S(=O)(=O)N1CCCC1CCCO. The summed E-state index contributed by atoms with van der Waals surface area (Å²) in [6, 6.07) is 4.90. The number of rotatable bonds is 5. The van der Waals surface area contributed by atoms with Crippen molar-refractivity contribution >= 4 is 15.7 Å². The lowest BCUT2D eigenvalue weighted by Crippen LogP contribution is -2.36. The third-order valence-corrected chi connectivity index (χ3v) is 5.92. The molecule has 1 aromatic rings. The molecule has 0 aromatic heterocycles. The molecule has 1 atom stereocenters. The first kappa shape index (κ1) is 15.3. The molecule has 1 aromatic carbocycles. The molecule has 1 heterocycles. The number of hydrogen-bond acceptors (Lipinski definition) is 4. The Hall–Kier alpha value is -1.11. The summed E-state index contributed by atoms with van der Waals surface area (Å²) >= 11 is 0. The van der Waals surface area contributed by atoms with Gasteiger partial charge in [0.25, 0.3) is 0 Å². The Labute approximate surface area is 120 Å². The van der Waals surface area contributed by atoms with E-state index in [9.17, 15) is 8.42 Å². The fourth-order valence-corrected chi connectivity index (χ4v) is 4.76. The molecule has 5 nitrogen and oxygen atoms in total. The minimum atomic E-state index is -3.47. The fourth-order valence-electron chi connectivity index (χ4n) is 2.83. The number of nitrogen functional groups attached to an aromatic ring is 1. The highest BCUT2D eigenvalue weighted by Gasteiger charge is 2.35. The van der Waals surface area contributed by atoms with Crippen LogP contribution >= 0.6 is 0 Å². The van der Waals surface area contributed by atoms with Gasteiger partial charge in [0.05, 0.1) is 4.90 Å². The third-order valence-electron chi connectivity index (χ3n) is 3.80. The van der Waals surface area contributed by atoms with Gasteiger partial charge in [0.15, 0.2) is 0 Å². The van der Waals surface area contributed by atoms with E-state index in [2.05, 4.69) is 0 Å². The molecule has 1 aliphatic rings. The van der Waals surface area contributed by atoms with Crippen molar-refractivity contribution in [1.29, 1.82) is 0 Å². The molecule has 6 heteroatoms. The van der Waals surface area contributed by atoms with E-state index >= 15 is 0 Å². The van der Waals surface area contributed by atoms with E-state index in [4.69, 9.17) is 10.8 Å². The van der Waals surface area contributed by atoms with Crippen LogP contribution in [0.2, 0.25) is 0 Å². The molecule has 0 amide bonds. The molecule has 2 rings (SSSR count). The molecular weight excluding hydrogens is 276 g/mol. The van der Waals surface area contributed by atoms with Crippen LogP contribution in [0.25, 0.3) is 0 Å². The Balaban J connectivity index is 2.29. The van der Waals surface area contributed by atoms with Crippen molar-refractivity contribution in [3.63, 3.8) is 0 Å². The van der Waals surface area contributed by atoms with Gasteiger partial charge in [-0.2, -0.15) is 4.31 Å². The number of anilines is 1. The Morgan fingerprint density at radius 1 is 1.45 bits per heavy atom. The van der Waals surface area contributed by atoms with Gasteiger partial charge >= 0.3 is 0 Å². The molecule has 0 aliphatic carbocycles. The van der Waals surface area contributed by atoms with E-state index in [1.807, 2.05) is 0 Å². The lowest BCUT2D eigenvalue weighted by molar-refractivity contribution is 0.264. The van der Waals surface area contributed by atoms with E-state index in [1.165, 1.54) is 0 Å². The van der Waals surface area contributed by atoms with Crippen molar-refractivity contribution in [3.05, 3.63) is 23.8 Å². The zero-order chi connectivity index (χ0) is 14.8. The van der Waals surface area contributed by atoms with Crippen LogP contribution in [-0.4, -0.2) is 37.0 Å². The summed E-state index contributed by atoms with van der Waals surface area (Å²) in [7, 11) is -3.47. The van der Waals surface area contributed by atoms with Crippen LogP contribution in [0.3, 0.4) is 0 Å². The van der Waals surface area contributed by atoms with Crippen molar-refractivity contribution in [2.45, 2.75) is 43.5 Å². The summed E-state index contributed by atoms with van der Waals surface area (Å²) in [6.45, 7) is 2.43. The number of nitrogens with two attached hydrogens (primary N) is 1. The molecule has 0 saturated carbocycles. The first-order valence-corrected chi connectivity index (χ1v) is 8.39. The van der Waals surface area contributed by atoms with Crippen LogP contribution in [0.5, 0.6) is 0 Å². The van der Waals surface area contributed by atoms with Gasteiger partial charge in [-0.05, 0) is 56.4 Å². The highest BCUT2D eigenvalue weighted by atomic mass is 32.2. The van der Waals surface area contributed by atoms with Gasteiger partial charge in [-0.3, -0.25) is 0 Å². The number of aliphatic hydroxyl groups is 1. The number of aryl methyl sites for hydroxylation is 1. The number of sulfonamides is 1. The predicted octanol–water partition coefficient (Wildman–Crippen LogP) is 1.50. The summed E-state index contributed by atoms with van der Waals surface area (Å²) in [6.07, 6.45) is 3.09. The molecule has 1 unspecified atom stereocenters. The molecular formula is C14H22N2O3S. The smallest absolute Gasteiger partial charge is 0.243 e. The molecule has 20 heavy (non-hydrogen) atoms. The monoisotopic (exact) mass is 298 g/mol. The van der Waals surface area contributed by atoms with E-state index in [1.54, 1.807) is 29.4 Å². The predicted molar refractivity (Wildman–Crippen MR) is 78.8 cm³/mol. The maximum atomic E-state index is 12.8. The standard InChI is InChI=1S/C14H22N2O3S/c1-11-10-12(15)6-7-14(11)20(18,19)16-8-2-4-13(16)5-3-9-17/h6-7,10,13,17H,2-5,8-9,15H2,1H3. The van der Waals surface area contributed by atoms with Crippen LogP contribution in [0.4, 0.5) is 5.69 Å². The number of nitrogens with zero attached hydrogens (tertiary/aromatic N) is 1. The van der Waals surface area contributed by atoms with Crippen molar-refractivity contribution in [2.24, 2.45) is 0 Å². The van der Waals surface area contributed by atoms with Crippen molar-refractivity contribution in [3.8, 4) is 0 Å².